The van der Waals surface area contributed by atoms with Crippen LogP contribution < -0.4 is 0 Å². The second kappa shape index (κ2) is 15.4. The highest BCUT2D eigenvalue weighted by Crippen LogP contribution is 2.37. The summed E-state index contributed by atoms with van der Waals surface area (Å²) in [5, 5.41) is 121. The molecule has 0 amide bonds. The van der Waals surface area contributed by atoms with Gasteiger partial charge >= 0.3 is 0 Å². The molecule has 268 valence electrons. The standard InChI is InChI=1S/C25H42O21/c26-1-6-11(31)15(35)22(39-6)45-19-13(33)8(3-28)40-24(19)43-17-10(5-30)42-23(16(17)36)46-20-14(34)9(4-29)41-25(20)44-18-12(32)7(2-27)38-21(18)37/h6-37H,1-5H2/t6-,7-,8-,9-,10-,11-,12-,13-,14-,15+,16+,17-,18+,19+,20+,21+,22-,23+,24-,25+/m0/s1. The van der Waals surface area contributed by atoms with E-state index < -0.39 is 156 Å². The van der Waals surface area contributed by atoms with Crippen LogP contribution in [-0.2, 0) is 42.6 Å². The van der Waals surface area contributed by atoms with E-state index in [4.69, 9.17) is 42.6 Å². The lowest BCUT2D eigenvalue weighted by atomic mass is 10.1. The number of hydrogen-bond acceptors (Lipinski definition) is 21. The molecule has 5 saturated heterocycles. The average molecular weight is 679 g/mol. The number of aliphatic hydroxyl groups excluding tert-OH is 12. The average Bonchev–Trinajstić information content (AvgIpc) is 3.78. The Bertz CT molecular complexity index is 965. The highest BCUT2D eigenvalue weighted by molar-refractivity contribution is 4.97. The van der Waals surface area contributed by atoms with Crippen LogP contribution in [0.1, 0.15) is 0 Å². The third kappa shape index (κ3) is 6.94. The monoisotopic (exact) mass is 678 g/mol. The molecule has 5 aliphatic rings. The van der Waals surface area contributed by atoms with Crippen LogP contribution in [0.5, 0.6) is 0 Å². The summed E-state index contributed by atoms with van der Waals surface area (Å²) in [6.07, 6.45) is -30.0. The number of hydrogen-bond donors (Lipinski definition) is 12. The predicted molar refractivity (Wildman–Crippen MR) is 136 cm³/mol. The van der Waals surface area contributed by atoms with Gasteiger partial charge in [-0.3, -0.25) is 0 Å². The zero-order valence-corrected chi connectivity index (χ0v) is 24.1. The first-order chi connectivity index (χ1) is 22.0. The molecule has 0 radical (unpaired) electrons. The smallest absolute Gasteiger partial charge is 0.187 e. The SMILES string of the molecule is OC[C@@H]1O[C@@H](O[C@H]2[C@H](O[C@@H]3[C@@H](O)[C@@H](O[C@H]4[C@@H](O[C@@H]5[C@@H](O)[C@H](CO)O[C@H]5O)O[C@@H](CO)[C@@H]4O)O[C@H]3CO)O[C@@H](CO)[C@@H]2O)[C@H](O)[C@H]1O. The Balaban J connectivity index is 1.28. The van der Waals surface area contributed by atoms with Crippen LogP contribution in [0.15, 0.2) is 0 Å². The Morgan fingerprint density at radius 1 is 0.326 bits per heavy atom. The molecule has 0 aromatic heterocycles. The van der Waals surface area contributed by atoms with Gasteiger partial charge in [0, 0.05) is 0 Å². The first kappa shape index (κ1) is 36.4. The van der Waals surface area contributed by atoms with Gasteiger partial charge in [0.1, 0.15) is 91.6 Å². The quantitative estimate of drug-likeness (QED) is 0.0860. The van der Waals surface area contributed by atoms with Gasteiger partial charge in [0.2, 0.25) is 0 Å². The van der Waals surface area contributed by atoms with Crippen molar-refractivity contribution >= 4 is 0 Å². The van der Waals surface area contributed by atoms with Crippen molar-refractivity contribution in [2.24, 2.45) is 0 Å². The minimum absolute atomic E-state index is 0.649. The van der Waals surface area contributed by atoms with Crippen molar-refractivity contribution in [1.29, 1.82) is 0 Å². The van der Waals surface area contributed by atoms with E-state index >= 15 is 0 Å². The van der Waals surface area contributed by atoms with Crippen molar-refractivity contribution in [3.05, 3.63) is 0 Å². The zero-order valence-electron chi connectivity index (χ0n) is 24.1. The lowest BCUT2D eigenvalue weighted by Gasteiger charge is -2.30. The molecule has 0 unspecified atom stereocenters. The summed E-state index contributed by atoms with van der Waals surface area (Å²) in [5.41, 5.74) is 0. The molecule has 0 saturated carbocycles. The minimum Gasteiger partial charge on any atom is -0.394 e. The molecule has 0 aliphatic carbocycles. The van der Waals surface area contributed by atoms with Crippen molar-refractivity contribution in [3.8, 4) is 0 Å². The van der Waals surface area contributed by atoms with Gasteiger partial charge in [-0.1, -0.05) is 0 Å². The van der Waals surface area contributed by atoms with Gasteiger partial charge in [-0.15, -0.1) is 0 Å². The van der Waals surface area contributed by atoms with Gasteiger partial charge in [-0.25, -0.2) is 0 Å². The van der Waals surface area contributed by atoms with Gasteiger partial charge in [0.25, 0.3) is 0 Å². The van der Waals surface area contributed by atoms with Gasteiger partial charge in [0.15, 0.2) is 31.5 Å². The molecule has 5 fully saturated rings. The number of ether oxygens (including phenoxy) is 9. The van der Waals surface area contributed by atoms with Gasteiger partial charge < -0.3 is 104 Å². The molecule has 0 aromatic rings. The fourth-order valence-corrected chi connectivity index (χ4v) is 5.96. The molecular formula is C25H42O21. The summed E-state index contributed by atoms with van der Waals surface area (Å²) >= 11 is 0. The molecule has 5 heterocycles. The molecule has 12 N–H and O–H groups in total. The third-order valence-electron chi connectivity index (χ3n) is 8.58. The van der Waals surface area contributed by atoms with Crippen molar-refractivity contribution in [3.63, 3.8) is 0 Å². The topological polar surface area (TPSA) is 326 Å². The first-order valence-electron chi connectivity index (χ1n) is 14.7. The molecular weight excluding hydrogens is 636 g/mol. The number of aliphatic hydroxyl groups is 12. The molecule has 0 spiro atoms. The highest BCUT2D eigenvalue weighted by Gasteiger charge is 2.57. The summed E-state index contributed by atoms with van der Waals surface area (Å²) in [6, 6.07) is 0. The van der Waals surface area contributed by atoms with Crippen molar-refractivity contribution in [1.82, 2.24) is 0 Å². The molecule has 21 nitrogen and oxygen atoms in total. The summed E-state index contributed by atoms with van der Waals surface area (Å²) < 4.78 is 49.7. The fraction of sp³-hybridized carbons (Fsp3) is 1.00. The maximum absolute atomic E-state index is 11.1. The van der Waals surface area contributed by atoms with Crippen LogP contribution in [0.25, 0.3) is 0 Å². The predicted octanol–water partition coefficient (Wildman–Crippen LogP) is -8.73. The lowest BCUT2D eigenvalue weighted by Crippen LogP contribution is -2.48. The van der Waals surface area contributed by atoms with Gasteiger partial charge in [-0.05, 0) is 0 Å². The van der Waals surface area contributed by atoms with Crippen LogP contribution in [0.4, 0.5) is 0 Å². The van der Waals surface area contributed by atoms with Crippen LogP contribution in [0.3, 0.4) is 0 Å². The van der Waals surface area contributed by atoms with E-state index in [9.17, 15) is 61.3 Å². The largest absolute Gasteiger partial charge is 0.394 e. The Kier molecular flexibility index (Phi) is 12.2. The maximum atomic E-state index is 11.1. The second-order valence-electron chi connectivity index (χ2n) is 11.5. The fourth-order valence-electron chi connectivity index (χ4n) is 5.96. The first-order valence-corrected chi connectivity index (χ1v) is 14.7. The Labute approximate surface area is 260 Å². The van der Waals surface area contributed by atoms with Crippen molar-refractivity contribution in [2.75, 3.05) is 33.0 Å². The van der Waals surface area contributed by atoms with Crippen molar-refractivity contribution in [2.45, 2.75) is 123 Å². The summed E-state index contributed by atoms with van der Waals surface area (Å²) in [5.74, 6) is 0. The summed E-state index contributed by atoms with van der Waals surface area (Å²) in [6.45, 7) is -3.49. The van der Waals surface area contributed by atoms with E-state index in [1.807, 2.05) is 0 Å². The molecule has 0 bridgehead atoms. The van der Waals surface area contributed by atoms with Crippen LogP contribution in [0, 0.1) is 0 Å². The summed E-state index contributed by atoms with van der Waals surface area (Å²) in [7, 11) is 0. The van der Waals surface area contributed by atoms with E-state index in [1.165, 1.54) is 0 Å². The zero-order chi connectivity index (χ0) is 33.4. The van der Waals surface area contributed by atoms with Crippen molar-refractivity contribution < 1.29 is 104 Å². The third-order valence-corrected chi connectivity index (χ3v) is 8.58. The maximum Gasteiger partial charge on any atom is 0.187 e. The van der Waals surface area contributed by atoms with E-state index in [1.54, 1.807) is 0 Å². The summed E-state index contributed by atoms with van der Waals surface area (Å²) in [4.78, 5) is 0. The number of rotatable bonds is 13. The lowest BCUT2D eigenvalue weighted by molar-refractivity contribution is -0.273. The molecule has 21 heteroatoms. The van der Waals surface area contributed by atoms with Gasteiger partial charge in [-0.2, -0.15) is 0 Å². The van der Waals surface area contributed by atoms with Crippen LogP contribution >= 0.6 is 0 Å². The molecule has 0 aromatic carbocycles. The highest BCUT2D eigenvalue weighted by atomic mass is 16.8. The van der Waals surface area contributed by atoms with Crippen LogP contribution in [-0.4, -0.2) is 217 Å². The Hall–Kier alpha value is -0.840. The Morgan fingerprint density at radius 2 is 0.674 bits per heavy atom. The Morgan fingerprint density at radius 3 is 1.13 bits per heavy atom. The molecule has 46 heavy (non-hydrogen) atoms. The molecule has 20 atom stereocenters. The van der Waals surface area contributed by atoms with E-state index in [0.717, 1.165) is 0 Å². The van der Waals surface area contributed by atoms with Crippen LogP contribution in [0.2, 0.25) is 0 Å². The van der Waals surface area contributed by atoms with Gasteiger partial charge in [0.05, 0.1) is 33.0 Å². The normalized spacial score (nSPS) is 52.7. The van der Waals surface area contributed by atoms with E-state index in [-0.39, 0.29) is 0 Å². The van der Waals surface area contributed by atoms with E-state index in [2.05, 4.69) is 0 Å². The molecule has 5 aliphatic heterocycles. The molecule has 5 rings (SSSR count). The minimum atomic E-state index is -1.76. The second-order valence-corrected chi connectivity index (χ2v) is 11.5. The van der Waals surface area contributed by atoms with E-state index in [0.29, 0.717) is 0 Å².